The molecule has 1 aromatic heterocycles. The number of anilines is 1. The third-order valence-corrected chi connectivity index (χ3v) is 3.17. The summed E-state index contributed by atoms with van der Waals surface area (Å²) in [5, 5.41) is 7.29. The fraction of sp³-hybridized carbons (Fsp3) is 0.667. The zero-order valence-electron chi connectivity index (χ0n) is 11.2. The van der Waals surface area contributed by atoms with E-state index >= 15 is 0 Å². The van der Waals surface area contributed by atoms with Crippen molar-refractivity contribution in [2.45, 2.75) is 20.3 Å². The molecule has 0 unspecified atom stereocenters. The van der Waals surface area contributed by atoms with Gasteiger partial charge in [-0.3, -0.25) is 4.79 Å². The zero-order chi connectivity index (χ0) is 13.5. The van der Waals surface area contributed by atoms with Crippen molar-refractivity contribution in [3.63, 3.8) is 0 Å². The molecule has 0 saturated carbocycles. The second-order valence-electron chi connectivity index (χ2n) is 4.16. The molecule has 18 heavy (non-hydrogen) atoms. The van der Waals surface area contributed by atoms with Crippen molar-refractivity contribution in [3.05, 3.63) is 21.6 Å². The number of likely N-dealkylation sites (N-methyl/N-ethyl adjacent to an activating group) is 1. The number of aromatic nitrogens is 2. The Morgan fingerprint density at radius 3 is 2.78 bits per heavy atom. The number of nitrogens with zero attached hydrogens (tertiary/aromatic N) is 3. The van der Waals surface area contributed by atoms with E-state index in [1.54, 1.807) is 13.2 Å². The number of rotatable bonds is 7. The monoisotopic (exact) mass is 272 g/mol. The predicted molar refractivity (Wildman–Crippen MR) is 75.4 cm³/mol. The van der Waals surface area contributed by atoms with E-state index in [1.807, 2.05) is 0 Å². The third kappa shape index (κ3) is 3.99. The molecule has 0 radical (unpaired) electrons. The molecule has 6 heteroatoms. The molecule has 0 spiro atoms. The van der Waals surface area contributed by atoms with E-state index in [1.165, 1.54) is 4.68 Å². The Balaban J connectivity index is 2.54. The molecule has 0 amide bonds. The summed E-state index contributed by atoms with van der Waals surface area (Å²) in [5.74, 6) is 0. The van der Waals surface area contributed by atoms with Crippen LogP contribution < -0.4 is 10.9 Å². The molecule has 0 aliphatic carbocycles. The summed E-state index contributed by atoms with van der Waals surface area (Å²) in [6.45, 7) is 8.09. The van der Waals surface area contributed by atoms with Crippen LogP contribution in [0.1, 0.15) is 20.3 Å². The largest absolute Gasteiger partial charge is 0.381 e. The van der Waals surface area contributed by atoms with Crippen LogP contribution in [0.25, 0.3) is 0 Å². The second-order valence-corrected chi connectivity index (χ2v) is 4.54. The quantitative estimate of drug-likeness (QED) is 0.819. The summed E-state index contributed by atoms with van der Waals surface area (Å²) >= 11 is 5.96. The molecule has 0 atom stereocenters. The Bertz CT molecular complexity index is 433. The van der Waals surface area contributed by atoms with E-state index in [2.05, 4.69) is 29.2 Å². The van der Waals surface area contributed by atoms with Gasteiger partial charge in [0.05, 0.1) is 11.9 Å². The fourth-order valence-corrected chi connectivity index (χ4v) is 1.96. The predicted octanol–water partition coefficient (Wildman–Crippen LogP) is 1.58. The minimum absolute atomic E-state index is 0.200. The Kier molecular flexibility index (Phi) is 6.15. The van der Waals surface area contributed by atoms with Gasteiger partial charge in [0.25, 0.3) is 5.56 Å². The van der Waals surface area contributed by atoms with Crippen LogP contribution in [0.2, 0.25) is 5.02 Å². The van der Waals surface area contributed by atoms with Crippen molar-refractivity contribution in [1.82, 2.24) is 14.7 Å². The number of aryl methyl sites for hydroxylation is 1. The molecule has 0 saturated heterocycles. The van der Waals surface area contributed by atoms with Crippen LogP contribution in [-0.4, -0.2) is 40.9 Å². The van der Waals surface area contributed by atoms with Crippen LogP contribution in [0.15, 0.2) is 11.0 Å². The minimum atomic E-state index is -0.275. The van der Waals surface area contributed by atoms with Gasteiger partial charge in [0, 0.05) is 20.1 Å². The van der Waals surface area contributed by atoms with Crippen LogP contribution in [0, 0.1) is 0 Å². The smallest absolute Gasteiger partial charge is 0.287 e. The molecule has 0 fully saturated rings. The number of hydrogen-bond donors (Lipinski definition) is 1. The van der Waals surface area contributed by atoms with E-state index in [0.29, 0.717) is 5.69 Å². The van der Waals surface area contributed by atoms with Crippen LogP contribution in [-0.2, 0) is 7.05 Å². The highest BCUT2D eigenvalue weighted by Gasteiger charge is 2.07. The second kappa shape index (κ2) is 7.38. The molecular weight excluding hydrogens is 252 g/mol. The van der Waals surface area contributed by atoms with Gasteiger partial charge in [-0.05, 0) is 19.5 Å². The Hall–Kier alpha value is -1.07. The lowest BCUT2D eigenvalue weighted by atomic mass is 10.4. The van der Waals surface area contributed by atoms with Crippen molar-refractivity contribution in [3.8, 4) is 0 Å². The van der Waals surface area contributed by atoms with E-state index < -0.39 is 0 Å². The Morgan fingerprint density at radius 2 is 2.17 bits per heavy atom. The summed E-state index contributed by atoms with van der Waals surface area (Å²) < 4.78 is 1.23. The number of halogens is 1. The molecule has 102 valence electrons. The van der Waals surface area contributed by atoms with Crippen LogP contribution in [0.3, 0.4) is 0 Å². The van der Waals surface area contributed by atoms with Gasteiger partial charge in [0.2, 0.25) is 0 Å². The first-order chi connectivity index (χ1) is 8.60. The zero-order valence-corrected chi connectivity index (χ0v) is 12.0. The van der Waals surface area contributed by atoms with E-state index in [4.69, 9.17) is 11.6 Å². The van der Waals surface area contributed by atoms with Crippen molar-refractivity contribution in [2.24, 2.45) is 7.05 Å². The lowest BCUT2D eigenvalue weighted by Crippen LogP contribution is -2.30. The highest BCUT2D eigenvalue weighted by Crippen LogP contribution is 2.14. The van der Waals surface area contributed by atoms with Crippen LogP contribution >= 0.6 is 11.6 Å². The maximum Gasteiger partial charge on any atom is 0.287 e. The topological polar surface area (TPSA) is 50.2 Å². The van der Waals surface area contributed by atoms with Gasteiger partial charge in [0.1, 0.15) is 5.02 Å². The molecule has 0 bridgehead atoms. The van der Waals surface area contributed by atoms with Gasteiger partial charge in [-0.2, -0.15) is 5.10 Å². The molecule has 1 rings (SSSR count). The summed E-state index contributed by atoms with van der Waals surface area (Å²) in [7, 11) is 1.58. The lowest BCUT2D eigenvalue weighted by molar-refractivity contribution is 0.300. The van der Waals surface area contributed by atoms with Gasteiger partial charge in [-0.1, -0.05) is 25.4 Å². The average Bonchev–Trinajstić information content (AvgIpc) is 2.37. The summed E-state index contributed by atoms with van der Waals surface area (Å²) in [6, 6.07) is 0. The number of hydrogen-bond acceptors (Lipinski definition) is 4. The van der Waals surface area contributed by atoms with Crippen LogP contribution in [0.4, 0.5) is 5.69 Å². The molecule has 0 aliphatic rings. The standard InChI is InChI=1S/C12H21ClN4O/c1-4-7-17(5-2)8-6-14-10-9-15-16(3)12(18)11(10)13/h9,14H,4-8H2,1-3H3. The van der Waals surface area contributed by atoms with Crippen molar-refractivity contribution >= 4 is 17.3 Å². The highest BCUT2D eigenvalue weighted by molar-refractivity contribution is 6.32. The van der Waals surface area contributed by atoms with Gasteiger partial charge in [0.15, 0.2) is 0 Å². The Labute approximate surface area is 113 Å². The fourth-order valence-electron chi connectivity index (χ4n) is 1.73. The van der Waals surface area contributed by atoms with Crippen LogP contribution in [0.5, 0.6) is 0 Å². The van der Waals surface area contributed by atoms with E-state index in [9.17, 15) is 4.79 Å². The Morgan fingerprint density at radius 1 is 1.44 bits per heavy atom. The SMILES string of the molecule is CCCN(CC)CCNc1cnn(C)c(=O)c1Cl. The van der Waals surface area contributed by atoms with Crippen molar-refractivity contribution in [2.75, 3.05) is 31.5 Å². The molecule has 0 aromatic carbocycles. The first kappa shape index (κ1) is 15.0. The number of nitrogens with one attached hydrogen (secondary N) is 1. The maximum absolute atomic E-state index is 11.6. The van der Waals surface area contributed by atoms with Gasteiger partial charge < -0.3 is 10.2 Å². The summed E-state index contributed by atoms with van der Waals surface area (Å²) in [4.78, 5) is 13.9. The lowest BCUT2D eigenvalue weighted by Gasteiger charge is -2.20. The van der Waals surface area contributed by atoms with E-state index in [-0.39, 0.29) is 10.6 Å². The molecule has 1 N–H and O–H groups in total. The van der Waals surface area contributed by atoms with Gasteiger partial charge >= 0.3 is 0 Å². The molecular formula is C12H21ClN4O. The van der Waals surface area contributed by atoms with Gasteiger partial charge in [-0.15, -0.1) is 0 Å². The third-order valence-electron chi connectivity index (χ3n) is 2.81. The molecule has 0 aliphatic heterocycles. The average molecular weight is 273 g/mol. The molecule has 1 heterocycles. The normalized spacial score (nSPS) is 10.9. The maximum atomic E-state index is 11.6. The van der Waals surface area contributed by atoms with Crippen molar-refractivity contribution in [1.29, 1.82) is 0 Å². The first-order valence-corrected chi connectivity index (χ1v) is 6.66. The molecule has 5 nitrogen and oxygen atoms in total. The first-order valence-electron chi connectivity index (χ1n) is 6.28. The van der Waals surface area contributed by atoms with Crippen molar-refractivity contribution < 1.29 is 0 Å². The highest BCUT2D eigenvalue weighted by atomic mass is 35.5. The summed E-state index contributed by atoms with van der Waals surface area (Å²) in [5.41, 5.74) is 0.329. The minimum Gasteiger partial charge on any atom is -0.381 e. The van der Waals surface area contributed by atoms with Gasteiger partial charge in [-0.25, -0.2) is 4.68 Å². The molecule has 1 aromatic rings. The van der Waals surface area contributed by atoms with E-state index in [0.717, 1.165) is 32.6 Å². The summed E-state index contributed by atoms with van der Waals surface area (Å²) in [6.07, 6.45) is 2.72.